The van der Waals surface area contributed by atoms with E-state index in [1.165, 1.54) is 47.7 Å². The van der Waals surface area contributed by atoms with Gasteiger partial charge in [-0.3, -0.25) is 33.3 Å². The molecule has 0 bridgehead atoms. The van der Waals surface area contributed by atoms with Crippen molar-refractivity contribution >= 4 is 51.1 Å². The van der Waals surface area contributed by atoms with Gasteiger partial charge in [0.15, 0.2) is 25.3 Å². The Labute approximate surface area is 476 Å². The molecule has 3 aromatic carbocycles. The predicted octanol–water partition coefficient (Wildman–Crippen LogP) is 10.3. The first-order chi connectivity index (χ1) is 39.3. The van der Waals surface area contributed by atoms with Crippen molar-refractivity contribution < 1.29 is 65.3 Å². The lowest BCUT2D eigenvalue weighted by Crippen LogP contribution is -2.46. The fourth-order valence-electron chi connectivity index (χ4n) is 9.08. The van der Waals surface area contributed by atoms with Gasteiger partial charge in [0.1, 0.15) is 73.2 Å². The molecule has 7 atom stereocenters. The second kappa shape index (κ2) is 26.7. The van der Waals surface area contributed by atoms with Gasteiger partial charge < -0.3 is 37.6 Å². The molecule has 0 saturated carbocycles. The van der Waals surface area contributed by atoms with Crippen molar-refractivity contribution in [2.45, 2.75) is 94.2 Å². The smallest absolute Gasteiger partial charge is 0.475 e. The van der Waals surface area contributed by atoms with E-state index in [1.54, 1.807) is 18.8 Å². The van der Waals surface area contributed by atoms with Crippen LogP contribution in [-0.2, 0) is 51.8 Å². The van der Waals surface area contributed by atoms with Crippen LogP contribution in [0.15, 0.2) is 147 Å². The van der Waals surface area contributed by atoms with Crippen LogP contribution in [0.2, 0.25) is 18.1 Å². The first-order valence-corrected chi connectivity index (χ1v) is 30.7. The minimum Gasteiger partial charge on any atom is -0.497 e. The van der Waals surface area contributed by atoms with Gasteiger partial charge in [0, 0.05) is 19.0 Å². The second-order valence-corrected chi connectivity index (χ2v) is 26.9. The van der Waals surface area contributed by atoms with Crippen molar-refractivity contribution in [2.75, 3.05) is 57.9 Å². The molecule has 2 amide bonds. The van der Waals surface area contributed by atoms with Crippen molar-refractivity contribution in [3.05, 3.63) is 169 Å². The summed E-state index contributed by atoms with van der Waals surface area (Å²) in [4.78, 5) is 56.1. The van der Waals surface area contributed by atoms with Crippen molar-refractivity contribution in [1.29, 1.82) is 0 Å². The van der Waals surface area contributed by atoms with Crippen molar-refractivity contribution in [2.24, 2.45) is 0 Å². The SMILES string of the molecule is C=CCOC(=O)Nc1ccn([C@H]2C[C@H](OP(=O)(OCC=C)OC[C@H]3O[C@@H](n4cnc5c(NC(=O)OCC=C)ncnc54)C[C@@H]3O[Si](C)(C)C(C)(C)C)[C@@H](COC(c3ccccc3)(c3ccc(OC)cc3)c3ccc(OC)cc3)O2)c(=O)n1. The Bertz CT molecular complexity index is 3240. The first kappa shape index (κ1) is 60.7. The minimum atomic E-state index is -4.68. The van der Waals surface area contributed by atoms with Gasteiger partial charge in [-0.25, -0.2) is 33.9 Å². The maximum absolute atomic E-state index is 15.4. The van der Waals surface area contributed by atoms with E-state index >= 15 is 4.57 Å². The quantitative estimate of drug-likeness (QED) is 0.0221. The highest BCUT2D eigenvalue weighted by molar-refractivity contribution is 7.48. The molecule has 2 saturated heterocycles. The Morgan fingerprint density at radius 3 is 1.89 bits per heavy atom. The average molecular weight is 1170 g/mol. The summed E-state index contributed by atoms with van der Waals surface area (Å²) in [6.07, 6.45) is 1.47. The Balaban J connectivity index is 1.13. The number of imidazole rings is 1. The normalized spacial score (nSPS) is 19.9. The number of carbonyl (C=O) groups is 2. The van der Waals surface area contributed by atoms with Gasteiger partial charge in [-0.05, 0) is 65.2 Å². The number of nitrogens with one attached hydrogen (secondary N) is 2. The summed E-state index contributed by atoms with van der Waals surface area (Å²) in [5.74, 6) is 1.28. The number of ether oxygens (including phenoxy) is 7. The summed E-state index contributed by atoms with van der Waals surface area (Å²) >= 11 is 0. The Kier molecular flexibility index (Phi) is 19.8. The minimum absolute atomic E-state index is 0.0132. The van der Waals surface area contributed by atoms with E-state index in [2.05, 4.69) is 84.2 Å². The molecule has 436 valence electrons. The van der Waals surface area contributed by atoms with Crippen LogP contribution in [-0.4, -0.2) is 121 Å². The van der Waals surface area contributed by atoms with Crippen LogP contribution in [0.1, 0.15) is 62.8 Å². The van der Waals surface area contributed by atoms with Crippen LogP contribution < -0.4 is 25.8 Å². The van der Waals surface area contributed by atoms with Crippen LogP contribution >= 0.6 is 7.82 Å². The maximum atomic E-state index is 15.4. The predicted molar refractivity (Wildman–Crippen MR) is 306 cm³/mol. The highest BCUT2D eigenvalue weighted by Crippen LogP contribution is 2.55. The average Bonchev–Trinajstić information content (AvgIpc) is 2.91. The monoisotopic (exact) mass is 1160 g/mol. The summed E-state index contributed by atoms with van der Waals surface area (Å²) in [5.41, 5.74) is 0.680. The standard InChI is InChI=1S/C57H69N8O15PSi/c1-11-29-72-54(67)62-47-27-28-64(53(66)61-47)48-32-43(45(77-48)34-74-57(38-17-15-14-16-18-38,39-19-23-41(70-7)24-20-39)40-21-25-42(71-8)26-22-40)79-81(69,75-31-13-3)76-35-46-44(80-82(9,10)56(4,5)6)33-49(78-46)65-37-60-50-51(58-36-59-52(50)65)63-55(68)73-30-12-2/h11-28,36-37,43-46,48-49H,1-3,29-35H2,4-10H3,(H,58,59,63,68)(H,61,62,66,67)/t43-,44-,45+,46+,48+,49+,81?/m0/s1. The fraction of sp³-hybridized carbons (Fsp3) is 0.386. The van der Waals surface area contributed by atoms with Crippen LogP contribution in [0.4, 0.5) is 21.2 Å². The van der Waals surface area contributed by atoms with Gasteiger partial charge in [0.25, 0.3) is 0 Å². The molecule has 1 unspecified atom stereocenters. The first-order valence-electron chi connectivity index (χ1n) is 26.4. The van der Waals surface area contributed by atoms with Crippen molar-refractivity contribution in [3.8, 4) is 11.5 Å². The molecule has 3 aromatic heterocycles. The number of amides is 2. The lowest BCUT2D eigenvalue weighted by molar-refractivity contribution is -0.0957. The summed E-state index contributed by atoms with van der Waals surface area (Å²) in [6.45, 7) is 20.6. The number of phosphoric ester groups is 1. The Morgan fingerprint density at radius 2 is 1.30 bits per heavy atom. The van der Waals surface area contributed by atoms with Gasteiger partial charge >= 0.3 is 25.7 Å². The molecule has 25 heteroatoms. The molecule has 2 aliphatic rings. The molecule has 0 spiro atoms. The molecule has 2 aliphatic heterocycles. The van der Waals surface area contributed by atoms with Crippen LogP contribution in [0.5, 0.6) is 11.5 Å². The molecular weight excluding hydrogens is 1100 g/mol. The van der Waals surface area contributed by atoms with E-state index in [-0.39, 0.29) is 68.1 Å². The number of methoxy groups -OCH3 is 2. The number of hydrogen-bond donors (Lipinski definition) is 2. The number of phosphoric acid groups is 1. The maximum Gasteiger partial charge on any atom is 0.475 e. The van der Waals surface area contributed by atoms with Gasteiger partial charge in [-0.2, -0.15) is 4.98 Å². The number of anilines is 2. The van der Waals surface area contributed by atoms with Crippen LogP contribution in [0, 0.1) is 0 Å². The fourth-order valence-corrected chi connectivity index (χ4v) is 11.8. The van der Waals surface area contributed by atoms with E-state index in [0.29, 0.717) is 17.1 Å². The number of fused-ring (bicyclic) bond motifs is 1. The summed E-state index contributed by atoms with van der Waals surface area (Å²) in [5, 5.41) is 4.81. The van der Waals surface area contributed by atoms with E-state index < -0.39 is 76.5 Å². The molecule has 5 heterocycles. The third-order valence-corrected chi connectivity index (χ3v) is 20.2. The molecular formula is C57H69N8O15PSi. The Hall–Kier alpha value is -7.38. The van der Waals surface area contributed by atoms with E-state index in [9.17, 15) is 14.4 Å². The lowest BCUT2D eigenvalue weighted by atomic mass is 9.80. The number of nitrogens with zero attached hydrogens (tertiary/aromatic N) is 6. The third kappa shape index (κ3) is 14.1. The topological polar surface area (TPSA) is 255 Å². The molecule has 82 heavy (non-hydrogen) atoms. The molecule has 6 aromatic rings. The molecule has 2 N–H and O–H groups in total. The highest BCUT2D eigenvalue weighted by Gasteiger charge is 2.49. The number of rotatable bonds is 26. The van der Waals surface area contributed by atoms with Gasteiger partial charge in [0.2, 0.25) is 0 Å². The van der Waals surface area contributed by atoms with Crippen molar-refractivity contribution in [1.82, 2.24) is 29.1 Å². The van der Waals surface area contributed by atoms with Gasteiger partial charge in [-0.1, -0.05) is 107 Å². The molecule has 0 radical (unpaired) electrons. The van der Waals surface area contributed by atoms with E-state index in [4.69, 9.17) is 51.2 Å². The van der Waals surface area contributed by atoms with Crippen LogP contribution in [0.25, 0.3) is 11.2 Å². The zero-order valence-corrected chi connectivity index (χ0v) is 48.7. The van der Waals surface area contributed by atoms with Gasteiger partial charge in [-0.15, -0.1) is 6.58 Å². The van der Waals surface area contributed by atoms with Gasteiger partial charge in [0.05, 0.1) is 46.5 Å². The van der Waals surface area contributed by atoms with E-state index in [1.807, 2.05) is 78.9 Å². The molecule has 8 rings (SSSR count). The summed E-state index contributed by atoms with van der Waals surface area (Å²) < 4.78 is 86.2. The molecule has 0 aliphatic carbocycles. The summed E-state index contributed by atoms with van der Waals surface area (Å²) in [6, 6.07) is 25.9. The van der Waals surface area contributed by atoms with Crippen molar-refractivity contribution in [3.63, 3.8) is 0 Å². The zero-order valence-electron chi connectivity index (χ0n) is 46.8. The third-order valence-electron chi connectivity index (χ3n) is 14.2. The lowest BCUT2D eigenvalue weighted by Gasteiger charge is -2.39. The highest BCUT2D eigenvalue weighted by atomic mass is 31.2. The number of carbonyl (C=O) groups excluding carboxylic acids is 2. The number of benzene rings is 3. The number of aromatic nitrogens is 6. The molecule has 2 fully saturated rings. The Morgan fingerprint density at radius 1 is 0.732 bits per heavy atom. The zero-order chi connectivity index (χ0) is 58.7. The van der Waals surface area contributed by atoms with E-state index in [0.717, 1.165) is 16.7 Å². The molecule has 23 nitrogen and oxygen atoms in total. The second-order valence-electron chi connectivity index (χ2n) is 20.5. The number of hydrogen-bond acceptors (Lipinski definition) is 19. The summed E-state index contributed by atoms with van der Waals surface area (Å²) in [7, 11) is -4.04. The largest absolute Gasteiger partial charge is 0.497 e. The van der Waals surface area contributed by atoms with Crippen LogP contribution in [0.3, 0.4) is 0 Å².